The van der Waals surface area contributed by atoms with Crippen molar-refractivity contribution in [1.82, 2.24) is 0 Å². The molecular weight excluding hydrogens is 301 g/mol. The molecule has 9 heteroatoms. The molecule has 0 aromatic rings. The van der Waals surface area contributed by atoms with Crippen molar-refractivity contribution in [2.75, 3.05) is 0 Å². The summed E-state index contributed by atoms with van der Waals surface area (Å²) in [6.45, 7) is 0. The van der Waals surface area contributed by atoms with Crippen LogP contribution in [0.3, 0.4) is 0 Å². The molecule has 0 atom stereocenters. The van der Waals surface area contributed by atoms with Crippen LogP contribution in [0.1, 0.15) is 0 Å². The average molecular weight is 304 g/mol. The van der Waals surface area contributed by atoms with Crippen LogP contribution in [0, 0.1) is 0 Å². The molecule has 0 saturated carbocycles. The predicted octanol–water partition coefficient (Wildman–Crippen LogP) is -2.41. The molecule has 0 aromatic heterocycles. The van der Waals surface area contributed by atoms with Crippen molar-refractivity contribution in [3.05, 3.63) is 0 Å². The van der Waals surface area contributed by atoms with Gasteiger partial charge in [-0.2, -0.15) is 0 Å². The summed E-state index contributed by atoms with van der Waals surface area (Å²) in [6.07, 6.45) is 0. The van der Waals surface area contributed by atoms with E-state index in [-0.39, 0.29) is 42.4 Å². The molecule has 1 nitrogen and oxygen atoms in total. The average Bonchev–Trinajstić information content (AvgIpc) is 1.36. The van der Waals surface area contributed by atoms with Crippen LogP contribution in [0.4, 0.5) is 4.70 Å². The standard InChI is InChI=1S/4B.Ca.FH.O.2Zr.2H/h;;;;;1H;;;;;. The van der Waals surface area contributed by atoms with Crippen LogP contribution in [0.25, 0.3) is 0 Å². The van der Waals surface area contributed by atoms with Gasteiger partial charge in [-0.15, -0.1) is 0 Å². The molecule has 0 aliphatic heterocycles. The Bertz CT molecular complexity index is 478. The van der Waals surface area contributed by atoms with Gasteiger partial charge in [0.25, 0.3) is 0 Å². The van der Waals surface area contributed by atoms with E-state index in [1.165, 1.54) is 0 Å². The van der Waals surface area contributed by atoms with Gasteiger partial charge in [-0.1, -0.05) is 0 Å². The molecule has 0 saturated heterocycles. The predicted molar refractivity (Wildman–Crippen MR) is 34.7 cm³/mol. The topological polar surface area (TPSA) is 17.1 Å². The van der Waals surface area contributed by atoms with Gasteiger partial charge in [0.15, 0.2) is 0 Å². The molecule has 0 radical (unpaired) electrons. The number of rotatable bonds is 0. The van der Waals surface area contributed by atoms with Gasteiger partial charge in [0.1, 0.15) is 0 Å². The number of hydrogen-bond donors (Lipinski definition) is 0. The second-order valence-electron chi connectivity index (χ2n) is 1.00. The summed E-state index contributed by atoms with van der Waals surface area (Å²) < 4.78 is 27.9. The normalized spacial score (nSPS) is 9.22. The van der Waals surface area contributed by atoms with Crippen molar-refractivity contribution in [3.8, 4) is 0 Å². The minimum absolute atomic E-state index is 0. The first kappa shape index (κ1) is 22.7. The quantitative estimate of drug-likeness (QED) is 0.456. The molecule has 0 bridgehead atoms. The summed E-state index contributed by atoms with van der Waals surface area (Å²) in [6, 6.07) is 0. The Morgan fingerprint density at radius 3 is 1.00 bits per heavy atom. The summed E-state index contributed by atoms with van der Waals surface area (Å²) >= 11 is -2.88. The molecule has 9 heavy (non-hydrogen) atoms. The molecule has 0 N–H and O–H groups in total. The Kier molecular flexibility index (Phi) is 34.3. The Morgan fingerprint density at radius 1 is 1.00 bits per heavy atom. The molecule has 0 aromatic carbocycles. The van der Waals surface area contributed by atoms with Crippen LogP contribution in [0.5, 0.6) is 0 Å². The zero-order valence-electron chi connectivity index (χ0n) is 4.13. The molecule has 0 unspecified atom stereocenters. The third-order valence-electron chi connectivity index (χ3n) is 0. The van der Waals surface area contributed by atoms with Crippen molar-refractivity contribution < 1.29 is 48.7 Å². The van der Waals surface area contributed by atoms with E-state index in [2.05, 4.69) is 0 Å². The van der Waals surface area contributed by atoms with Crippen LogP contribution in [-0.4, -0.2) is 56.6 Å². The molecule has 0 amide bonds. The van der Waals surface area contributed by atoms with Gasteiger partial charge in [-0.05, 0) is 0 Å². The van der Waals surface area contributed by atoms with E-state index < -0.39 is 16.5 Å². The zero-order chi connectivity index (χ0) is 6.50. The summed E-state index contributed by atoms with van der Waals surface area (Å²) in [5.41, 5.74) is 0. The van der Waals surface area contributed by atoms with Gasteiger partial charge < -0.3 is 0 Å². The number of hydrogen-bond acceptors (Lipinski definition) is 1. The molecule has 0 aliphatic rings. The Balaban J connectivity index is -0.0000000286. The third-order valence-corrected chi connectivity index (χ3v) is 0. The van der Waals surface area contributed by atoms with E-state index >= 15 is 0 Å². The number of halogens is 1. The van der Waals surface area contributed by atoms with Crippen molar-refractivity contribution in [1.29, 1.82) is 0 Å². The maximum absolute atomic E-state index is 8.34. The Labute approximate surface area is 103 Å². The van der Waals surface area contributed by atoms with Crippen LogP contribution in [0.2, 0.25) is 0 Å². The Morgan fingerprint density at radius 2 is 1.00 bits per heavy atom. The molecule has 38 valence electrons. The first-order valence-electron chi connectivity index (χ1n) is 1.36. The van der Waals surface area contributed by atoms with Gasteiger partial charge >= 0.3 is 101 Å². The molecule has 0 heterocycles. The van der Waals surface area contributed by atoms with Gasteiger partial charge in [-0.3, -0.25) is 4.70 Å². The van der Waals surface area contributed by atoms with Gasteiger partial charge in [-0.25, -0.2) is 0 Å². The summed E-state index contributed by atoms with van der Waals surface area (Å²) in [4.78, 5) is 0. The van der Waals surface area contributed by atoms with Gasteiger partial charge in [0.2, 0.25) is 0 Å². The molecule has 0 fully saturated rings. The van der Waals surface area contributed by atoms with Crippen LogP contribution in [0.15, 0.2) is 0 Å². The second-order valence-corrected chi connectivity index (χ2v) is 5.92. The van der Waals surface area contributed by atoms with E-state index in [0.29, 0.717) is 24.7 Å². The van der Waals surface area contributed by atoms with E-state index in [9.17, 15) is 0 Å². The van der Waals surface area contributed by atoms with Crippen molar-refractivity contribution >= 4 is 56.6 Å². The molecule has 0 spiro atoms. The zero-order valence-corrected chi connectivity index (χ0v) is 9.04. The van der Waals surface area contributed by atoms with Crippen molar-refractivity contribution in [2.45, 2.75) is 0 Å². The second kappa shape index (κ2) is 13.6. The fraction of sp³-hybridized carbons (Fsp3) is 0. The first-order valence-corrected chi connectivity index (χ1v) is 8.04. The van der Waals surface area contributed by atoms with E-state index in [0.717, 1.165) is 0 Å². The monoisotopic (exact) mass is 302 g/mol. The van der Waals surface area contributed by atoms with E-state index in [1.54, 1.807) is 0 Å². The first-order chi connectivity index (χ1) is 3.00. The van der Waals surface area contributed by atoms with Gasteiger partial charge in [0.05, 0.1) is 0 Å². The van der Waals surface area contributed by atoms with E-state index in [1.807, 2.05) is 0 Å². The third kappa shape index (κ3) is 98.5. The summed E-state index contributed by atoms with van der Waals surface area (Å²) in [5.74, 6) is 0. The molecule has 0 rings (SSSR count). The van der Waals surface area contributed by atoms with Crippen LogP contribution >= 0.6 is 0 Å². The van der Waals surface area contributed by atoms with Crippen molar-refractivity contribution in [2.24, 2.45) is 0 Å². The van der Waals surface area contributed by atoms with E-state index in [4.69, 9.17) is 21.7 Å². The fourth-order valence-corrected chi connectivity index (χ4v) is 0. The van der Waals surface area contributed by atoms with Crippen LogP contribution < -0.4 is 0 Å². The minimum atomic E-state index is -3.18. The van der Waals surface area contributed by atoms with Crippen molar-refractivity contribution in [3.63, 3.8) is 0 Å². The SMILES string of the molecule is F.[B]#[Zr](#[B])(#[B])#[B].[CaH2].[O]=[Zr]. The summed E-state index contributed by atoms with van der Waals surface area (Å²) in [7, 11) is 0. The Hall–Kier alpha value is 3.02. The fourth-order valence-electron chi connectivity index (χ4n) is 0. The maximum atomic E-state index is 8.34. The molecule has 0 aliphatic carbocycles. The van der Waals surface area contributed by atoms with Crippen LogP contribution in [-0.2, 0) is 44.0 Å². The molecular formula is H3B4CaFOZr2. The van der Waals surface area contributed by atoms with Gasteiger partial charge in [0, 0.05) is 0 Å². The summed E-state index contributed by atoms with van der Waals surface area (Å²) in [5, 5.41) is 0.